The molecule has 0 saturated carbocycles. The second-order valence-corrected chi connectivity index (χ2v) is 19.4. The number of hydrogen-bond acceptors (Lipinski definition) is 15. The van der Waals surface area contributed by atoms with Crippen molar-refractivity contribution in [2.24, 2.45) is 0 Å². The van der Waals surface area contributed by atoms with Crippen LogP contribution >= 0.6 is 31.9 Å². The molecule has 0 spiro atoms. The summed E-state index contributed by atoms with van der Waals surface area (Å²) in [6, 6.07) is 42.5. The molecule has 0 aliphatic heterocycles. The molecular weight excluding hydrogens is 1160 g/mol. The number of nitrogens with two attached hydrogens (primary N) is 2. The Hall–Kier alpha value is -9.59. The molecule has 7 aromatic rings. The fraction of sp³-hybridized carbons (Fsp3) is 0.125. The fourth-order valence-electron chi connectivity index (χ4n) is 8.37. The lowest BCUT2D eigenvalue weighted by Crippen LogP contribution is -2.18. The minimum Gasteiger partial charge on any atom is -0.465 e. The lowest BCUT2D eigenvalue weighted by atomic mass is 9.81. The molecule has 5 N–H and O–H groups in total. The number of halogens is 2. The number of para-hydroxylation sites is 2. The minimum absolute atomic E-state index is 0.000656. The maximum Gasteiger partial charge on any atom is 0.373 e. The van der Waals surface area contributed by atoms with Crippen molar-refractivity contribution in [3.63, 3.8) is 0 Å². The van der Waals surface area contributed by atoms with Crippen molar-refractivity contribution in [3.05, 3.63) is 257 Å². The van der Waals surface area contributed by atoms with Crippen LogP contribution in [-0.2, 0) is 59.2 Å². The zero-order valence-corrected chi connectivity index (χ0v) is 47.5. The molecule has 17 heteroatoms. The number of benzene rings is 7. The topological polar surface area (TPSA) is 261 Å². The summed E-state index contributed by atoms with van der Waals surface area (Å²) in [5, 5.41) is 3.40. The second kappa shape index (κ2) is 32.3. The largest absolute Gasteiger partial charge is 0.465 e. The molecule has 410 valence electrons. The van der Waals surface area contributed by atoms with Crippen molar-refractivity contribution in [1.82, 2.24) is 0 Å². The van der Waals surface area contributed by atoms with Gasteiger partial charge in [0.1, 0.15) is 0 Å². The third-order valence-corrected chi connectivity index (χ3v) is 14.0. The van der Waals surface area contributed by atoms with Crippen LogP contribution in [-0.4, -0.2) is 54.7 Å². The molecular formula is C64H53Br2N3O12. The number of carbonyl (C=O) groups excluding carboxylic acids is 11. The molecule has 0 atom stereocenters. The summed E-state index contributed by atoms with van der Waals surface area (Å²) in [5.74, 6) is -0.145. The van der Waals surface area contributed by atoms with E-state index < -0.39 is 5.97 Å². The number of aryl methyl sites for hydroxylation is 3. The number of nitrogen functional groups attached to an aromatic ring is 2. The van der Waals surface area contributed by atoms with Crippen molar-refractivity contribution in [2.75, 3.05) is 23.9 Å². The minimum atomic E-state index is -0.409. The van der Waals surface area contributed by atoms with Gasteiger partial charge in [0.25, 0.3) is 0 Å². The Bertz CT molecular complexity index is 3620. The van der Waals surface area contributed by atoms with E-state index in [2.05, 4.69) is 48.0 Å². The lowest BCUT2D eigenvalue weighted by Gasteiger charge is -2.21. The van der Waals surface area contributed by atoms with E-state index in [9.17, 15) is 24.0 Å². The number of nitrogens with one attached hydrogen (secondary N) is 1. The molecule has 0 unspecified atom stereocenters. The van der Waals surface area contributed by atoms with Crippen LogP contribution in [0.15, 0.2) is 179 Å². The SMILES string of the molecule is COC(=O)c1cc(C)c(Br)cc1N.Cc1cc2c(cc1Br)CC=CC2=O.Cc1cc2c(cc1Nc1ccccc1)CC=CC2=O.Nc1ccccc1.O=C1C=CCc2cc3c(cc21)C(=O)c1ccccc1C3.O=C=O.O=C=O.O=C=O. The summed E-state index contributed by atoms with van der Waals surface area (Å²) in [5.41, 5.74) is 27.1. The van der Waals surface area contributed by atoms with E-state index in [1.165, 1.54) is 7.11 Å². The highest BCUT2D eigenvalue weighted by atomic mass is 79.9. The number of ketones is 4. The molecule has 7 aromatic carbocycles. The maximum atomic E-state index is 12.6. The van der Waals surface area contributed by atoms with E-state index in [0.29, 0.717) is 22.4 Å². The van der Waals surface area contributed by atoms with Gasteiger partial charge < -0.3 is 21.5 Å². The summed E-state index contributed by atoms with van der Waals surface area (Å²) in [6.45, 7) is 5.91. The highest BCUT2D eigenvalue weighted by Gasteiger charge is 2.26. The van der Waals surface area contributed by atoms with E-state index in [-0.39, 0.29) is 41.6 Å². The van der Waals surface area contributed by atoms with Crippen LogP contribution in [0.2, 0.25) is 0 Å². The van der Waals surface area contributed by atoms with E-state index in [0.717, 1.165) is 113 Å². The zero-order chi connectivity index (χ0) is 59.6. The molecule has 15 nitrogen and oxygen atoms in total. The predicted octanol–water partition coefficient (Wildman–Crippen LogP) is 11.8. The molecule has 4 aliphatic carbocycles. The molecule has 0 heterocycles. The summed E-state index contributed by atoms with van der Waals surface area (Å²) in [6.07, 6.45) is 14.6. The van der Waals surface area contributed by atoms with Crippen molar-refractivity contribution < 1.29 is 57.5 Å². The first-order valence-corrected chi connectivity index (χ1v) is 26.0. The van der Waals surface area contributed by atoms with E-state index >= 15 is 0 Å². The van der Waals surface area contributed by atoms with Gasteiger partial charge in [-0.1, -0.05) is 117 Å². The average Bonchev–Trinajstić information content (AvgIpc) is 3.51. The predicted molar refractivity (Wildman–Crippen MR) is 311 cm³/mol. The Morgan fingerprint density at radius 3 is 1.46 bits per heavy atom. The van der Waals surface area contributed by atoms with E-state index in [1.54, 1.807) is 36.4 Å². The number of ether oxygens (including phenoxy) is 1. The number of esters is 1. The zero-order valence-electron chi connectivity index (χ0n) is 44.3. The Morgan fingerprint density at radius 2 is 0.938 bits per heavy atom. The smallest absolute Gasteiger partial charge is 0.373 e. The van der Waals surface area contributed by atoms with Crippen LogP contribution in [0.25, 0.3) is 0 Å². The van der Waals surface area contributed by atoms with Gasteiger partial charge in [0, 0.05) is 59.5 Å². The molecule has 0 aromatic heterocycles. The Kier molecular flexibility index (Phi) is 25.5. The van der Waals surface area contributed by atoms with Gasteiger partial charge in [0.05, 0.1) is 12.7 Å². The van der Waals surface area contributed by atoms with Gasteiger partial charge >= 0.3 is 24.4 Å². The van der Waals surface area contributed by atoms with Gasteiger partial charge in [-0.15, -0.1) is 0 Å². The van der Waals surface area contributed by atoms with Gasteiger partial charge in [0.2, 0.25) is 0 Å². The number of rotatable bonds is 3. The van der Waals surface area contributed by atoms with Gasteiger partial charge in [-0.25, -0.2) is 4.79 Å². The van der Waals surface area contributed by atoms with Gasteiger partial charge in [-0.05, 0) is 176 Å². The summed E-state index contributed by atoms with van der Waals surface area (Å²) in [7, 11) is 1.33. The quantitative estimate of drug-likeness (QED) is 0.110. The van der Waals surface area contributed by atoms with Crippen LogP contribution in [0.4, 0.5) is 22.7 Å². The number of fused-ring (bicyclic) bond motifs is 5. The number of hydrogen-bond donors (Lipinski definition) is 3. The monoisotopic (exact) mass is 1210 g/mol. The summed E-state index contributed by atoms with van der Waals surface area (Å²) in [4.78, 5) is 108. The first-order chi connectivity index (χ1) is 38.9. The third kappa shape index (κ3) is 18.5. The summed E-state index contributed by atoms with van der Waals surface area (Å²) >= 11 is 6.78. The highest BCUT2D eigenvalue weighted by molar-refractivity contribution is 9.10. The first-order valence-electron chi connectivity index (χ1n) is 24.4. The van der Waals surface area contributed by atoms with E-state index in [1.807, 2.05) is 148 Å². The lowest BCUT2D eigenvalue weighted by molar-refractivity contribution is -0.193. The normalized spacial score (nSPS) is 11.9. The standard InChI is InChI=1S/C18H12O2.C17H15NO.C11H9BrO.C9H10BrNO2.C6H7N.3CO2/c19-17-7-3-5-12-9-13-8-11-4-1-2-6-14(11)18(20)16(13)10-15(12)17;1-12-10-15-13(6-5-9-17(15)19)11-16(12)18-14-7-3-2-4-8-14;1-7-5-9-8(6-10(7)12)3-2-4-11(9)13;1-5-3-6(9(12)13-2)8(11)4-7(5)10;7-6-4-2-1-3-5-6;3*2-1-3/h1-4,6-7,9-10H,5,8H2;2-5,7-11,18H,6H2,1H3;2,4-6H,3H2,1H3;3-4H,11H2,1-2H3;1-5H,7H2;;;. The van der Waals surface area contributed by atoms with Gasteiger partial charge in [-0.2, -0.15) is 28.8 Å². The fourth-order valence-corrected chi connectivity index (χ4v) is 9.12. The van der Waals surface area contributed by atoms with Crippen molar-refractivity contribution in [1.29, 1.82) is 0 Å². The first kappa shape index (κ1) is 63.9. The van der Waals surface area contributed by atoms with Crippen LogP contribution in [0, 0.1) is 20.8 Å². The Labute approximate surface area is 484 Å². The van der Waals surface area contributed by atoms with Crippen LogP contribution in [0.5, 0.6) is 0 Å². The number of allylic oxidation sites excluding steroid dienone is 6. The van der Waals surface area contributed by atoms with Crippen molar-refractivity contribution >= 4 is 102 Å². The molecule has 81 heavy (non-hydrogen) atoms. The molecule has 0 radical (unpaired) electrons. The number of carbonyl (C=O) groups is 5. The molecule has 0 saturated heterocycles. The highest BCUT2D eigenvalue weighted by Crippen LogP contribution is 2.32. The molecule has 0 bridgehead atoms. The van der Waals surface area contributed by atoms with Gasteiger partial charge in [0.15, 0.2) is 23.1 Å². The Morgan fingerprint density at radius 1 is 0.494 bits per heavy atom. The number of anilines is 4. The Balaban J connectivity index is 0.000000216. The second-order valence-electron chi connectivity index (χ2n) is 17.7. The molecule has 11 rings (SSSR count). The van der Waals surface area contributed by atoms with Crippen molar-refractivity contribution in [2.45, 2.75) is 46.5 Å². The molecule has 4 aliphatic rings. The number of methoxy groups -OCH3 is 1. The van der Waals surface area contributed by atoms with Crippen LogP contribution in [0.1, 0.15) is 102 Å². The maximum absolute atomic E-state index is 12.6. The van der Waals surface area contributed by atoms with Crippen LogP contribution in [0.3, 0.4) is 0 Å². The summed E-state index contributed by atoms with van der Waals surface area (Å²) < 4.78 is 6.54. The van der Waals surface area contributed by atoms with Crippen LogP contribution < -0.4 is 16.8 Å². The van der Waals surface area contributed by atoms with Crippen molar-refractivity contribution in [3.8, 4) is 0 Å². The molecule has 0 fully saturated rings. The van der Waals surface area contributed by atoms with E-state index in [4.69, 9.17) is 40.2 Å². The third-order valence-electron chi connectivity index (χ3n) is 12.3. The van der Waals surface area contributed by atoms with Gasteiger partial charge in [-0.3, -0.25) is 19.2 Å². The molecule has 0 amide bonds. The average molecular weight is 1220 g/mol.